The zero-order valence-electron chi connectivity index (χ0n) is 11.9. The number of hydrogen-bond donors (Lipinski definition) is 1. The highest BCUT2D eigenvalue weighted by molar-refractivity contribution is 5.46. The van der Waals surface area contributed by atoms with Gasteiger partial charge in [0.15, 0.2) is 0 Å². The third kappa shape index (κ3) is 2.60. The van der Waals surface area contributed by atoms with E-state index in [1.165, 1.54) is 0 Å². The third-order valence-corrected chi connectivity index (χ3v) is 3.71. The van der Waals surface area contributed by atoms with Crippen molar-refractivity contribution in [1.29, 1.82) is 0 Å². The molecule has 8 nitrogen and oxygen atoms in total. The number of nitrogens with one attached hydrogen (secondary N) is 1. The number of nitrogens with zero attached hydrogens (tertiary/aromatic N) is 6. The number of rotatable bonds is 4. The average Bonchev–Trinajstić information content (AvgIpc) is 3.22. The number of aromatic nitrogens is 6. The van der Waals surface area contributed by atoms with E-state index in [9.17, 15) is 0 Å². The SMILES string of the molecule is c1ccc(-c2noc(CN[C@H]3CCc4ncnn4C3)n2)nc1. The molecule has 1 aliphatic heterocycles. The van der Waals surface area contributed by atoms with E-state index in [1.807, 2.05) is 22.9 Å². The van der Waals surface area contributed by atoms with Crippen molar-refractivity contribution in [3.8, 4) is 11.5 Å². The van der Waals surface area contributed by atoms with Gasteiger partial charge in [-0.3, -0.25) is 4.98 Å². The lowest BCUT2D eigenvalue weighted by atomic mass is 10.1. The molecule has 22 heavy (non-hydrogen) atoms. The lowest BCUT2D eigenvalue weighted by molar-refractivity contribution is 0.320. The Labute approximate surface area is 126 Å². The molecule has 0 bridgehead atoms. The van der Waals surface area contributed by atoms with E-state index >= 15 is 0 Å². The maximum Gasteiger partial charge on any atom is 0.240 e. The number of aryl methyl sites for hydroxylation is 1. The van der Waals surface area contributed by atoms with Gasteiger partial charge in [-0.05, 0) is 18.6 Å². The minimum absolute atomic E-state index is 0.333. The average molecular weight is 297 g/mol. The van der Waals surface area contributed by atoms with Crippen LogP contribution in [-0.4, -0.2) is 35.9 Å². The molecule has 112 valence electrons. The summed E-state index contributed by atoms with van der Waals surface area (Å²) in [5, 5.41) is 11.6. The molecule has 1 atom stereocenters. The summed E-state index contributed by atoms with van der Waals surface area (Å²) in [6, 6.07) is 5.94. The summed E-state index contributed by atoms with van der Waals surface area (Å²) < 4.78 is 7.20. The van der Waals surface area contributed by atoms with Crippen molar-refractivity contribution in [2.45, 2.75) is 32.0 Å². The van der Waals surface area contributed by atoms with Gasteiger partial charge >= 0.3 is 0 Å². The van der Waals surface area contributed by atoms with Crippen LogP contribution in [0.4, 0.5) is 0 Å². The standard InChI is InChI=1S/C14H15N7O/c1-2-6-15-11(3-1)14-19-13(22-20-14)7-16-10-4-5-12-17-9-18-21(12)8-10/h1-3,6,9-10,16H,4-5,7-8H2/t10-/m0/s1. The Kier molecular flexibility index (Phi) is 3.36. The van der Waals surface area contributed by atoms with Gasteiger partial charge < -0.3 is 9.84 Å². The molecular formula is C14H15N7O. The zero-order chi connectivity index (χ0) is 14.8. The van der Waals surface area contributed by atoms with Gasteiger partial charge in [-0.25, -0.2) is 9.67 Å². The molecule has 0 amide bonds. The van der Waals surface area contributed by atoms with Gasteiger partial charge in [-0.2, -0.15) is 10.1 Å². The van der Waals surface area contributed by atoms with Crippen LogP contribution in [0, 0.1) is 0 Å². The predicted molar refractivity (Wildman–Crippen MR) is 76.5 cm³/mol. The highest BCUT2D eigenvalue weighted by Gasteiger charge is 2.20. The van der Waals surface area contributed by atoms with Crippen molar-refractivity contribution < 1.29 is 4.52 Å². The van der Waals surface area contributed by atoms with Gasteiger partial charge in [0.1, 0.15) is 17.8 Å². The molecule has 0 aliphatic carbocycles. The van der Waals surface area contributed by atoms with Crippen molar-refractivity contribution in [2.75, 3.05) is 0 Å². The quantitative estimate of drug-likeness (QED) is 0.762. The van der Waals surface area contributed by atoms with Gasteiger partial charge in [-0.1, -0.05) is 11.2 Å². The van der Waals surface area contributed by atoms with Crippen molar-refractivity contribution in [3.63, 3.8) is 0 Å². The maximum absolute atomic E-state index is 5.27. The smallest absolute Gasteiger partial charge is 0.240 e. The van der Waals surface area contributed by atoms with E-state index in [1.54, 1.807) is 12.5 Å². The molecule has 0 saturated carbocycles. The van der Waals surface area contributed by atoms with E-state index in [0.717, 1.165) is 25.2 Å². The van der Waals surface area contributed by atoms with Gasteiger partial charge in [0, 0.05) is 18.7 Å². The van der Waals surface area contributed by atoms with Crippen LogP contribution in [0.2, 0.25) is 0 Å². The second-order valence-electron chi connectivity index (χ2n) is 5.20. The van der Waals surface area contributed by atoms with Crippen LogP contribution in [0.25, 0.3) is 11.5 Å². The Balaban J connectivity index is 1.38. The molecule has 1 N–H and O–H groups in total. The van der Waals surface area contributed by atoms with E-state index in [0.29, 0.717) is 30.0 Å². The molecule has 0 spiro atoms. The van der Waals surface area contributed by atoms with Gasteiger partial charge in [0.25, 0.3) is 0 Å². The summed E-state index contributed by atoms with van der Waals surface area (Å²) in [7, 11) is 0. The number of pyridine rings is 1. The third-order valence-electron chi connectivity index (χ3n) is 3.71. The molecule has 0 radical (unpaired) electrons. The summed E-state index contributed by atoms with van der Waals surface area (Å²) >= 11 is 0. The highest BCUT2D eigenvalue weighted by Crippen LogP contribution is 2.14. The fourth-order valence-electron chi connectivity index (χ4n) is 2.56. The van der Waals surface area contributed by atoms with Crippen LogP contribution >= 0.6 is 0 Å². The molecule has 1 aliphatic rings. The molecule has 0 aromatic carbocycles. The van der Waals surface area contributed by atoms with Crippen molar-refractivity contribution >= 4 is 0 Å². The lowest BCUT2D eigenvalue weighted by Crippen LogP contribution is -2.37. The first-order valence-corrected chi connectivity index (χ1v) is 7.22. The second kappa shape index (κ2) is 5.64. The second-order valence-corrected chi connectivity index (χ2v) is 5.20. The molecule has 3 aromatic rings. The summed E-state index contributed by atoms with van der Waals surface area (Å²) in [5.41, 5.74) is 0.711. The van der Waals surface area contributed by atoms with E-state index < -0.39 is 0 Å². The molecule has 4 heterocycles. The van der Waals surface area contributed by atoms with E-state index in [-0.39, 0.29) is 0 Å². The Bertz CT molecular complexity index is 751. The Hall–Kier alpha value is -2.61. The minimum atomic E-state index is 0.333. The minimum Gasteiger partial charge on any atom is -0.337 e. The van der Waals surface area contributed by atoms with Gasteiger partial charge in [0.05, 0.1) is 13.1 Å². The zero-order valence-corrected chi connectivity index (χ0v) is 11.9. The van der Waals surface area contributed by atoms with Crippen LogP contribution < -0.4 is 5.32 Å². The van der Waals surface area contributed by atoms with Crippen molar-refractivity contribution in [3.05, 3.63) is 42.4 Å². The molecule has 0 unspecified atom stereocenters. The van der Waals surface area contributed by atoms with Crippen LogP contribution in [0.1, 0.15) is 18.1 Å². The van der Waals surface area contributed by atoms with Crippen LogP contribution in [0.15, 0.2) is 35.2 Å². The Morgan fingerprint density at radius 2 is 2.32 bits per heavy atom. The van der Waals surface area contributed by atoms with Crippen LogP contribution in [0.3, 0.4) is 0 Å². The normalized spacial score (nSPS) is 17.4. The fraction of sp³-hybridized carbons (Fsp3) is 0.357. The lowest BCUT2D eigenvalue weighted by Gasteiger charge is -2.22. The maximum atomic E-state index is 5.27. The largest absolute Gasteiger partial charge is 0.337 e. The van der Waals surface area contributed by atoms with E-state index in [4.69, 9.17) is 4.52 Å². The van der Waals surface area contributed by atoms with Crippen molar-refractivity contribution in [1.82, 2.24) is 35.2 Å². The summed E-state index contributed by atoms with van der Waals surface area (Å²) in [5.74, 6) is 2.12. The molecule has 3 aromatic heterocycles. The van der Waals surface area contributed by atoms with E-state index in [2.05, 4.69) is 30.5 Å². The fourth-order valence-corrected chi connectivity index (χ4v) is 2.56. The monoisotopic (exact) mass is 297 g/mol. The first kappa shape index (κ1) is 13.1. The predicted octanol–water partition coefficient (Wildman–Crippen LogP) is 0.828. The first-order chi connectivity index (χ1) is 10.9. The van der Waals surface area contributed by atoms with Crippen LogP contribution in [0.5, 0.6) is 0 Å². The molecule has 4 rings (SSSR count). The number of fused-ring (bicyclic) bond motifs is 1. The topological polar surface area (TPSA) is 94.6 Å². The molecule has 0 fully saturated rings. The molecular weight excluding hydrogens is 282 g/mol. The van der Waals surface area contributed by atoms with Gasteiger partial charge in [0.2, 0.25) is 11.7 Å². The summed E-state index contributed by atoms with van der Waals surface area (Å²) in [4.78, 5) is 12.8. The molecule has 0 saturated heterocycles. The van der Waals surface area contributed by atoms with Gasteiger partial charge in [-0.15, -0.1) is 0 Å². The summed E-state index contributed by atoms with van der Waals surface area (Å²) in [6.45, 7) is 1.35. The number of hydrogen-bond acceptors (Lipinski definition) is 7. The van der Waals surface area contributed by atoms with Crippen LogP contribution in [-0.2, 0) is 19.5 Å². The Morgan fingerprint density at radius 1 is 1.32 bits per heavy atom. The highest BCUT2D eigenvalue weighted by atomic mass is 16.5. The summed E-state index contributed by atoms with van der Waals surface area (Å²) in [6.07, 6.45) is 5.27. The molecule has 8 heteroatoms. The first-order valence-electron chi connectivity index (χ1n) is 7.22. The van der Waals surface area contributed by atoms with Crippen molar-refractivity contribution in [2.24, 2.45) is 0 Å². The Morgan fingerprint density at radius 3 is 3.23 bits per heavy atom.